The summed E-state index contributed by atoms with van der Waals surface area (Å²) in [5.41, 5.74) is 12.6. The van der Waals surface area contributed by atoms with Gasteiger partial charge >= 0.3 is 0 Å². The van der Waals surface area contributed by atoms with E-state index >= 15 is 0 Å². The molecule has 0 spiro atoms. The third-order valence-electron chi connectivity index (χ3n) is 10.4. The topological polar surface area (TPSA) is 69.9 Å². The van der Waals surface area contributed by atoms with Gasteiger partial charge in [0.05, 0.1) is 30.5 Å². The van der Waals surface area contributed by atoms with Crippen LogP contribution in [-0.4, -0.2) is 27.6 Å². The molecular weight excluding hydrogens is 897 g/mol. The van der Waals surface area contributed by atoms with Crippen molar-refractivity contribution >= 4 is 68.3 Å². The standard InChI is InChI=1S/C26H17N2O.C23H25N2OSi.Ir/c1-17-11-13-20-21-14-12-19(16-25(21)29-24(20)15-17)28-23-10-6-5-9-22(23)27-26(28)18-7-3-2-4-8-18;1-14(2)19-12-20(24-13-21(19)27(4,5)6)18-9-7-8-16-17-11-10-15(3)25-23(17)26-22(16)18;/h2-7,9-16H,1H3;7-8,10-14H,1-6H3;/q2*-1;. The second kappa shape index (κ2) is 15.0. The fourth-order valence-corrected chi connectivity index (χ4v) is 9.31. The second-order valence-electron chi connectivity index (χ2n) is 15.9. The monoisotopic (exact) mass is 939 g/mol. The van der Waals surface area contributed by atoms with Crippen LogP contribution in [0, 0.1) is 26.0 Å². The molecule has 0 aliphatic carbocycles. The first-order valence-corrected chi connectivity index (χ1v) is 22.6. The largest absolute Gasteiger partial charge is 0.486 e. The summed E-state index contributed by atoms with van der Waals surface area (Å²) in [7, 11) is -1.46. The van der Waals surface area contributed by atoms with Gasteiger partial charge in [0.2, 0.25) is 5.71 Å². The maximum atomic E-state index is 6.19. The summed E-state index contributed by atoms with van der Waals surface area (Å²) in [4.78, 5) is 14.3. The van der Waals surface area contributed by atoms with Crippen LogP contribution in [0.25, 0.3) is 83.4 Å². The van der Waals surface area contributed by atoms with Gasteiger partial charge in [0.15, 0.2) is 0 Å². The Hall–Kier alpha value is -5.66. The summed E-state index contributed by atoms with van der Waals surface area (Å²) in [6, 6.07) is 45.9. The number of aryl methyl sites for hydroxylation is 2. The zero-order valence-corrected chi connectivity index (χ0v) is 36.5. The molecule has 0 saturated heterocycles. The first-order valence-electron chi connectivity index (χ1n) is 19.1. The number of furan rings is 2. The maximum absolute atomic E-state index is 6.19. The minimum Gasteiger partial charge on any atom is -0.486 e. The van der Waals surface area contributed by atoms with Crippen LogP contribution in [0.2, 0.25) is 19.6 Å². The molecule has 0 bridgehead atoms. The molecule has 285 valence electrons. The third-order valence-corrected chi connectivity index (χ3v) is 12.5. The van der Waals surface area contributed by atoms with E-state index in [-0.39, 0.29) is 20.1 Å². The van der Waals surface area contributed by atoms with E-state index in [0.717, 1.165) is 83.4 Å². The van der Waals surface area contributed by atoms with Crippen molar-refractivity contribution in [2.24, 2.45) is 0 Å². The van der Waals surface area contributed by atoms with Gasteiger partial charge < -0.3 is 18.4 Å². The molecule has 1 radical (unpaired) electrons. The molecule has 0 aliphatic rings. The van der Waals surface area contributed by atoms with Gasteiger partial charge in [-0.3, -0.25) is 4.98 Å². The van der Waals surface area contributed by atoms with Crippen LogP contribution in [0.15, 0.2) is 130 Å². The van der Waals surface area contributed by atoms with Crippen molar-refractivity contribution in [3.8, 4) is 28.3 Å². The van der Waals surface area contributed by atoms with Gasteiger partial charge in [-0.05, 0) is 78.7 Å². The van der Waals surface area contributed by atoms with E-state index in [2.05, 4.69) is 123 Å². The van der Waals surface area contributed by atoms with E-state index in [1.54, 1.807) is 0 Å². The van der Waals surface area contributed by atoms with Gasteiger partial charge in [-0.2, -0.15) is 0 Å². The van der Waals surface area contributed by atoms with Crippen LogP contribution in [0.3, 0.4) is 0 Å². The maximum Gasteiger partial charge on any atom is 0.216 e. The Bertz CT molecular complexity index is 3080. The smallest absolute Gasteiger partial charge is 0.216 e. The molecule has 6 nitrogen and oxygen atoms in total. The van der Waals surface area contributed by atoms with Crippen LogP contribution >= 0.6 is 0 Å². The number of pyridine rings is 2. The second-order valence-corrected chi connectivity index (χ2v) is 20.9. The van der Waals surface area contributed by atoms with E-state index in [1.165, 1.54) is 16.3 Å². The summed E-state index contributed by atoms with van der Waals surface area (Å²) in [6.45, 7) is 15.7. The Kier molecular flexibility index (Phi) is 10.1. The SMILES string of the molecule is Cc1ccc2c(c1)oc1cc(-n3c(-c4[c-]cccc4)nc4ccccc43)ccc12.Cc1ccc2c(n1)oc1c(-c3cc(C(C)C)c([Si](C)(C)C)cn3)[c-]ccc12.[Ir]. The van der Waals surface area contributed by atoms with Gasteiger partial charge in [0, 0.05) is 59.9 Å². The molecule has 10 aromatic rings. The fourth-order valence-electron chi connectivity index (χ4n) is 7.63. The van der Waals surface area contributed by atoms with Crippen molar-refractivity contribution in [3.63, 3.8) is 0 Å². The Labute approximate surface area is 347 Å². The van der Waals surface area contributed by atoms with Gasteiger partial charge in [-0.1, -0.05) is 80.3 Å². The summed E-state index contributed by atoms with van der Waals surface area (Å²) in [5.74, 6) is 1.32. The number of aromatic nitrogens is 4. The Balaban J connectivity index is 0.000000157. The molecule has 5 aromatic heterocycles. The van der Waals surface area contributed by atoms with Gasteiger partial charge in [-0.25, -0.2) is 4.98 Å². The average Bonchev–Trinajstić information content (AvgIpc) is 3.88. The van der Waals surface area contributed by atoms with Gasteiger partial charge in [0.1, 0.15) is 11.2 Å². The van der Waals surface area contributed by atoms with Crippen LogP contribution in [0.5, 0.6) is 0 Å². The van der Waals surface area contributed by atoms with Crippen molar-refractivity contribution in [3.05, 3.63) is 150 Å². The number of imidazole rings is 1. The number of fused-ring (bicyclic) bond motifs is 7. The normalized spacial score (nSPS) is 11.8. The van der Waals surface area contributed by atoms with E-state index < -0.39 is 8.07 Å². The molecular formula is C49H42IrN4O2Si-2. The van der Waals surface area contributed by atoms with Crippen LogP contribution in [0.4, 0.5) is 0 Å². The van der Waals surface area contributed by atoms with Gasteiger partial charge in [-0.15, -0.1) is 54.1 Å². The van der Waals surface area contributed by atoms with Crippen molar-refractivity contribution in [1.82, 2.24) is 19.5 Å². The van der Waals surface area contributed by atoms with Crippen molar-refractivity contribution in [1.29, 1.82) is 0 Å². The molecule has 8 heteroatoms. The summed E-state index contributed by atoms with van der Waals surface area (Å²) in [6.07, 6.45) is 2.08. The quantitative estimate of drug-likeness (QED) is 0.127. The molecule has 0 unspecified atom stereocenters. The molecule has 57 heavy (non-hydrogen) atoms. The molecule has 10 rings (SSSR count). The fraction of sp³-hybridized carbons (Fsp3) is 0.163. The molecule has 0 aliphatic heterocycles. The molecule has 0 amide bonds. The Morgan fingerprint density at radius 2 is 1.46 bits per heavy atom. The number of hydrogen-bond donors (Lipinski definition) is 0. The first-order chi connectivity index (χ1) is 27.0. The van der Waals surface area contributed by atoms with Crippen LogP contribution < -0.4 is 5.19 Å². The van der Waals surface area contributed by atoms with E-state index in [0.29, 0.717) is 11.6 Å². The minimum atomic E-state index is -1.46. The van der Waals surface area contributed by atoms with Gasteiger partial charge in [0.25, 0.3) is 0 Å². The van der Waals surface area contributed by atoms with E-state index in [4.69, 9.17) is 18.8 Å². The summed E-state index contributed by atoms with van der Waals surface area (Å²) in [5, 5.41) is 5.79. The van der Waals surface area contributed by atoms with Crippen molar-refractivity contribution in [2.75, 3.05) is 0 Å². The zero-order valence-electron chi connectivity index (χ0n) is 33.1. The van der Waals surface area contributed by atoms with Crippen LogP contribution in [-0.2, 0) is 20.1 Å². The van der Waals surface area contributed by atoms with Crippen molar-refractivity contribution in [2.45, 2.75) is 53.3 Å². The molecule has 0 fully saturated rings. The molecule has 5 heterocycles. The number of rotatable bonds is 5. The summed E-state index contributed by atoms with van der Waals surface area (Å²) >= 11 is 0. The minimum absolute atomic E-state index is 0. The van der Waals surface area contributed by atoms with Crippen LogP contribution in [0.1, 0.15) is 36.6 Å². The third kappa shape index (κ3) is 7.03. The van der Waals surface area contributed by atoms with E-state index in [1.807, 2.05) is 67.6 Å². The van der Waals surface area contributed by atoms with E-state index in [9.17, 15) is 0 Å². The zero-order chi connectivity index (χ0) is 38.7. The number of benzene rings is 5. The predicted molar refractivity (Wildman–Crippen MR) is 233 cm³/mol. The number of nitrogens with zero attached hydrogens (tertiary/aromatic N) is 4. The molecule has 0 saturated carbocycles. The number of hydrogen-bond acceptors (Lipinski definition) is 5. The van der Waals surface area contributed by atoms with Crippen molar-refractivity contribution < 1.29 is 28.9 Å². The Morgan fingerprint density at radius 3 is 2.23 bits per heavy atom. The molecule has 0 N–H and O–H groups in total. The molecule has 5 aromatic carbocycles. The average molecular weight is 939 g/mol. The molecule has 0 atom stereocenters. The first kappa shape index (κ1) is 38.2. The predicted octanol–water partition coefficient (Wildman–Crippen LogP) is 12.5. The number of para-hydroxylation sites is 2. The Morgan fingerprint density at radius 1 is 0.702 bits per heavy atom. The summed E-state index contributed by atoms with van der Waals surface area (Å²) < 4.78 is 14.5.